The van der Waals surface area contributed by atoms with Crippen LogP contribution in [0.1, 0.15) is 34.1 Å². The van der Waals surface area contributed by atoms with Gasteiger partial charge in [0.2, 0.25) is 15.9 Å². The first-order chi connectivity index (χ1) is 14.9. The van der Waals surface area contributed by atoms with Gasteiger partial charge in [-0.3, -0.25) is 14.8 Å². The van der Waals surface area contributed by atoms with Crippen molar-refractivity contribution in [3.63, 3.8) is 0 Å². The maximum absolute atomic E-state index is 13.0. The van der Waals surface area contributed by atoms with E-state index in [-0.39, 0.29) is 10.8 Å². The third kappa shape index (κ3) is 6.29. The summed E-state index contributed by atoms with van der Waals surface area (Å²) in [4.78, 5) is 24.6. The zero-order chi connectivity index (χ0) is 24.1. The molecule has 0 aromatic heterocycles. The second-order valence-corrected chi connectivity index (χ2v) is 10.2. The molecule has 0 bridgehead atoms. The second-order valence-electron chi connectivity index (χ2n) is 8.07. The van der Waals surface area contributed by atoms with E-state index in [1.165, 1.54) is 31.5 Å². The Morgan fingerprint density at radius 1 is 1.03 bits per heavy atom. The van der Waals surface area contributed by atoms with Crippen LogP contribution in [0.15, 0.2) is 53.4 Å². The minimum Gasteiger partial charge on any atom is -0.341 e. The molecule has 0 aliphatic carbocycles. The molecule has 32 heavy (non-hydrogen) atoms. The summed E-state index contributed by atoms with van der Waals surface area (Å²) in [5.41, 5.74) is 1.74. The van der Waals surface area contributed by atoms with Gasteiger partial charge in [0.25, 0.3) is 5.91 Å². The summed E-state index contributed by atoms with van der Waals surface area (Å²) in [5, 5.41) is 11.9. The maximum atomic E-state index is 13.0. The van der Waals surface area contributed by atoms with E-state index in [1.54, 1.807) is 31.2 Å². The minimum atomic E-state index is -4.03. The Morgan fingerprint density at radius 3 is 2.00 bits per heavy atom. The predicted molar refractivity (Wildman–Crippen MR) is 123 cm³/mol. The zero-order valence-electron chi connectivity index (χ0n) is 18.3. The molecule has 8 nitrogen and oxygen atoms in total. The fourth-order valence-electron chi connectivity index (χ4n) is 2.95. The number of halogens is 1. The first-order valence-corrected chi connectivity index (χ1v) is 11.9. The van der Waals surface area contributed by atoms with Crippen molar-refractivity contribution in [2.24, 2.45) is 5.92 Å². The zero-order valence-corrected chi connectivity index (χ0v) is 19.9. The summed E-state index contributed by atoms with van der Waals surface area (Å²) in [6.45, 7) is 6.35. The summed E-state index contributed by atoms with van der Waals surface area (Å²) >= 11 is 5.91. The van der Waals surface area contributed by atoms with Gasteiger partial charge in [-0.1, -0.05) is 56.1 Å². The molecule has 0 aliphatic rings. The second kappa shape index (κ2) is 10.4. The lowest BCUT2D eigenvalue weighted by Gasteiger charge is -2.29. The summed E-state index contributed by atoms with van der Waals surface area (Å²) < 4.78 is 28.4. The molecule has 0 spiro atoms. The van der Waals surface area contributed by atoms with Gasteiger partial charge in [0.15, 0.2) is 0 Å². The Labute approximate surface area is 193 Å². The van der Waals surface area contributed by atoms with Crippen LogP contribution in [-0.4, -0.2) is 37.0 Å². The van der Waals surface area contributed by atoms with E-state index in [4.69, 9.17) is 16.8 Å². The average molecular weight is 482 g/mol. The highest BCUT2D eigenvalue weighted by Crippen LogP contribution is 2.23. The molecule has 0 aliphatic heterocycles. The van der Waals surface area contributed by atoms with Crippen molar-refractivity contribution in [2.45, 2.75) is 50.6 Å². The molecular weight excluding hydrogens is 454 g/mol. The monoisotopic (exact) mass is 481 g/mol. The van der Waals surface area contributed by atoms with Crippen LogP contribution in [-0.2, 0) is 19.6 Å². The quantitative estimate of drug-likeness (QED) is 0.323. The molecule has 2 aromatic carbocycles. The largest absolute Gasteiger partial charge is 0.341 e. The Bertz CT molecular complexity index is 1050. The van der Waals surface area contributed by atoms with E-state index >= 15 is 0 Å². The van der Waals surface area contributed by atoms with Crippen molar-refractivity contribution in [1.82, 2.24) is 15.5 Å². The van der Waals surface area contributed by atoms with E-state index in [1.807, 2.05) is 19.1 Å². The van der Waals surface area contributed by atoms with Gasteiger partial charge in [-0.15, -0.1) is 0 Å². The van der Waals surface area contributed by atoms with Gasteiger partial charge in [0.05, 0.1) is 4.90 Å². The van der Waals surface area contributed by atoms with E-state index in [0.29, 0.717) is 11.4 Å². The average Bonchev–Trinajstić information content (AvgIpc) is 2.76. The molecule has 2 atom stereocenters. The van der Waals surface area contributed by atoms with E-state index in [9.17, 15) is 18.0 Å². The number of hydrogen-bond acceptors (Lipinski definition) is 5. The highest BCUT2D eigenvalue weighted by molar-refractivity contribution is 7.89. The molecule has 0 saturated heterocycles. The van der Waals surface area contributed by atoms with Crippen LogP contribution in [0, 0.1) is 5.92 Å². The third-order valence-electron chi connectivity index (χ3n) is 5.22. The fourth-order valence-corrected chi connectivity index (χ4v) is 4.38. The molecule has 10 heteroatoms. The van der Waals surface area contributed by atoms with Crippen LogP contribution in [0.2, 0.25) is 5.02 Å². The van der Waals surface area contributed by atoms with Gasteiger partial charge in [-0.2, -0.15) is 4.72 Å². The van der Waals surface area contributed by atoms with Gasteiger partial charge in [0.1, 0.15) is 11.6 Å². The van der Waals surface area contributed by atoms with Gasteiger partial charge >= 0.3 is 0 Å². The SMILES string of the molecule is CC[C@H](C)[C@H](NS(=O)(=O)c1ccc(-c2ccc(Cl)cc2)cc1)C(=O)NC(C)(C)C(=O)NO. The molecule has 0 radical (unpaired) electrons. The van der Waals surface area contributed by atoms with Crippen LogP contribution in [0.25, 0.3) is 11.1 Å². The number of carbonyl (C=O) groups is 2. The highest BCUT2D eigenvalue weighted by Gasteiger charge is 2.35. The standard InChI is InChI=1S/C22H28ClN3O5S/c1-5-14(2)19(20(27)24-22(3,4)21(28)25-29)26-32(30,31)18-12-8-16(9-13-18)15-6-10-17(23)11-7-15/h6-14,19,26,29H,5H2,1-4H3,(H,24,27)(H,25,28)/t14-,19-/m0/s1. The van der Waals surface area contributed by atoms with Gasteiger partial charge in [-0.05, 0) is 55.2 Å². The van der Waals surface area contributed by atoms with Crippen molar-refractivity contribution in [3.05, 3.63) is 53.6 Å². The highest BCUT2D eigenvalue weighted by atomic mass is 35.5. The molecule has 0 unspecified atom stereocenters. The molecule has 2 aromatic rings. The van der Waals surface area contributed by atoms with Crippen molar-refractivity contribution in [3.8, 4) is 11.1 Å². The van der Waals surface area contributed by atoms with Crippen LogP contribution in [0.4, 0.5) is 0 Å². The molecule has 0 heterocycles. The lowest BCUT2D eigenvalue weighted by Crippen LogP contribution is -2.60. The van der Waals surface area contributed by atoms with Gasteiger partial charge in [0, 0.05) is 5.02 Å². The number of carbonyl (C=O) groups excluding carboxylic acids is 2. The minimum absolute atomic E-state index is 0.00341. The third-order valence-corrected chi connectivity index (χ3v) is 6.93. The molecule has 4 N–H and O–H groups in total. The fraction of sp³-hybridized carbons (Fsp3) is 0.364. The number of rotatable bonds is 9. The number of hydroxylamine groups is 1. The molecule has 0 saturated carbocycles. The van der Waals surface area contributed by atoms with Crippen LogP contribution in [0.5, 0.6) is 0 Å². The summed E-state index contributed by atoms with van der Waals surface area (Å²) in [6, 6.07) is 12.3. The molecule has 0 fully saturated rings. The molecule has 2 rings (SSSR count). The molecular formula is C22H28ClN3O5S. The summed E-state index contributed by atoms with van der Waals surface area (Å²) in [7, 11) is -4.03. The van der Waals surface area contributed by atoms with Crippen molar-refractivity contribution < 1.29 is 23.2 Å². The van der Waals surface area contributed by atoms with Crippen LogP contribution in [0.3, 0.4) is 0 Å². The Hall–Kier alpha value is -2.46. The van der Waals surface area contributed by atoms with E-state index < -0.39 is 33.4 Å². The predicted octanol–water partition coefficient (Wildman–Crippen LogP) is 3.10. The van der Waals surface area contributed by atoms with Crippen molar-refractivity contribution in [1.29, 1.82) is 0 Å². The smallest absolute Gasteiger partial charge is 0.268 e. The Morgan fingerprint density at radius 2 is 1.53 bits per heavy atom. The van der Waals surface area contributed by atoms with Crippen molar-refractivity contribution in [2.75, 3.05) is 0 Å². The number of amides is 2. The van der Waals surface area contributed by atoms with Gasteiger partial charge < -0.3 is 5.32 Å². The topological polar surface area (TPSA) is 125 Å². The lowest BCUT2D eigenvalue weighted by atomic mass is 9.97. The molecule has 174 valence electrons. The van der Waals surface area contributed by atoms with Crippen LogP contribution >= 0.6 is 11.6 Å². The normalized spacial score (nSPS) is 13.8. The number of sulfonamides is 1. The summed E-state index contributed by atoms with van der Waals surface area (Å²) in [5.74, 6) is -1.85. The van der Waals surface area contributed by atoms with Crippen molar-refractivity contribution >= 4 is 33.4 Å². The number of hydrogen-bond donors (Lipinski definition) is 4. The Balaban J connectivity index is 2.25. The van der Waals surface area contributed by atoms with E-state index in [2.05, 4.69) is 10.0 Å². The van der Waals surface area contributed by atoms with E-state index in [0.717, 1.165) is 11.1 Å². The number of benzene rings is 2. The lowest BCUT2D eigenvalue weighted by molar-refractivity contribution is -0.139. The van der Waals surface area contributed by atoms with Gasteiger partial charge in [-0.25, -0.2) is 13.9 Å². The Kier molecular flexibility index (Phi) is 8.41. The number of nitrogens with one attached hydrogen (secondary N) is 3. The first kappa shape index (κ1) is 25.8. The summed E-state index contributed by atoms with van der Waals surface area (Å²) in [6.07, 6.45) is 0.517. The first-order valence-electron chi connectivity index (χ1n) is 10.1. The molecule has 2 amide bonds. The van der Waals surface area contributed by atoms with Crippen LogP contribution < -0.4 is 15.5 Å². The maximum Gasteiger partial charge on any atom is 0.268 e.